The minimum absolute atomic E-state index is 0.0727. The Morgan fingerprint density at radius 2 is 0.487 bits per heavy atom. The van der Waals surface area contributed by atoms with E-state index >= 15 is 0 Å². The lowest BCUT2D eigenvalue weighted by atomic mass is 10.0. The summed E-state index contributed by atoms with van der Waals surface area (Å²) in [4.78, 5) is 38.2. The van der Waals surface area contributed by atoms with Crippen LogP contribution in [0.15, 0.2) is 85.1 Å². The van der Waals surface area contributed by atoms with Gasteiger partial charge in [0.15, 0.2) is 6.10 Å². The quantitative estimate of drug-likeness (QED) is 0.0261. The fraction of sp³-hybridized carbons (Fsp3) is 0.770. The summed E-state index contributed by atoms with van der Waals surface area (Å²) in [5, 5.41) is 0. The summed E-state index contributed by atoms with van der Waals surface area (Å²) in [6.07, 6.45) is 90.6. The number of unbranched alkanes of at least 4 members (excludes halogenated alkanes) is 38. The fourth-order valence-electron chi connectivity index (χ4n) is 9.97. The monoisotopic (exact) mass is 1110 g/mol. The lowest BCUT2D eigenvalue weighted by molar-refractivity contribution is -0.167. The van der Waals surface area contributed by atoms with Crippen LogP contribution in [-0.4, -0.2) is 37.2 Å². The molecule has 0 bridgehead atoms. The Hall–Kier alpha value is -3.41. The predicted molar refractivity (Wildman–Crippen MR) is 348 cm³/mol. The van der Waals surface area contributed by atoms with E-state index in [1.54, 1.807) is 0 Å². The zero-order valence-corrected chi connectivity index (χ0v) is 53.1. The van der Waals surface area contributed by atoms with Crippen LogP contribution in [-0.2, 0) is 28.6 Å². The Morgan fingerprint density at radius 3 is 0.787 bits per heavy atom. The first-order valence-corrected chi connectivity index (χ1v) is 34.6. The molecule has 6 heteroatoms. The molecule has 0 heterocycles. The highest BCUT2D eigenvalue weighted by Crippen LogP contribution is 2.18. The maximum atomic E-state index is 12.9. The van der Waals surface area contributed by atoms with Crippen molar-refractivity contribution in [1.29, 1.82) is 0 Å². The molecule has 0 radical (unpaired) electrons. The van der Waals surface area contributed by atoms with Gasteiger partial charge in [-0.2, -0.15) is 0 Å². The molecule has 0 rings (SSSR count). The van der Waals surface area contributed by atoms with Gasteiger partial charge in [0, 0.05) is 19.3 Å². The van der Waals surface area contributed by atoms with Crippen molar-refractivity contribution in [3.63, 3.8) is 0 Å². The molecule has 0 saturated carbocycles. The van der Waals surface area contributed by atoms with Gasteiger partial charge in [0.25, 0.3) is 0 Å². The number of allylic oxidation sites excluding steroid dienone is 14. The van der Waals surface area contributed by atoms with Crippen molar-refractivity contribution in [2.24, 2.45) is 0 Å². The summed E-state index contributed by atoms with van der Waals surface area (Å²) in [6, 6.07) is 0. The molecule has 0 amide bonds. The molecule has 0 aliphatic carbocycles. The van der Waals surface area contributed by atoms with Crippen LogP contribution in [0.2, 0.25) is 0 Å². The van der Waals surface area contributed by atoms with E-state index < -0.39 is 6.10 Å². The maximum absolute atomic E-state index is 12.9. The molecule has 0 fully saturated rings. The van der Waals surface area contributed by atoms with Gasteiger partial charge in [-0.05, 0) is 96.3 Å². The van der Waals surface area contributed by atoms with E-state index in [-0.39, 0.29) is 31.1 Å². The van der Waals surface area contributed by atoms with Gasteiger partial charge in [-0.15, -0.1) is 0 Å². The lowest BCUT2D eigenvalue weighted by Crippen LogP contribution is -2.30. The molecule has 462 valence electrons. The number of hydrogen-bond acceptors (Lipinski definition) is 6. The van der Waals surface area contributed by atoms with E-state index in [2.05, 4.69) is 106 Å². The highest BCUT2D eigenvalue weighted by molar-refractivity contribution is 5.71. The van der Waals surface area contributed by atoms with Crippen LogP contribution in [0.3, 0.4) is 0 Å². The van der Waals surface area contributed by atoms with Gasteiger partial charge >= 0.3 is 17.9 Å². The second kappa shape index (κ2) is 68.1. The van der Waals surface area contributed by atoms with Crippen molar-refractivity contribution >= 4 is 17.9 Å². The third-order valence-corrected chi connectivity index (χ3v) is 15.1. The van der Waals surface area contributed by atoms with Gasteiger partial charge < -0.3 is 14.2 Å². The lowest BCUT2D eigenvalue weighted by Gasteiger charge is -2.18. The van der Waals surface area contributed by atoms with Crippen LogP contribution >= 0.6 is 0 Å². The summed E-state index contributed by atoms with van der Waals surface area (Å²) in [6.45, 7) is 6.51. The summed E-state index contributed by atoms with van der Waals surface area (Å²) in [5.74, 6) is -0.864. The van der Waals surface area contributed by atoms with Crippen LogP contribution in [0.25, 0.3) is 0 Å². The molecule has 0 saturated heterocycles. The zero-order chi connectivity index (χ0) is 57.8. The Labute approximate surface area is 496 Å². The van der Waals surface area contributed by atoms with E-state index in [1.165, 1.54) is 212 Å². The molecular weight excluding hydrogens is 985 g/mol. The molecule has 0 spiro atoms. The Balaban J connectivity index is 4.02. The standard InChI is InChI=1S/C74H130O6/c1-4-7-10-13-16-19-21-23-25-27-29-30-31-32-33-34-35-36-37-38-39-40-41-42-43-44-46-47-49-51-53-55-58-61-64-67-73(76)79-70-71(69-78-72(75)66-63-60-57-18-15-12-9-6-3)80-74(77)68-65-62-59-56-54-52-50-48-45-28-26-24-22-20-17-14-11-8-5-2/h7,10,16-17,19-20,23-26,29-30,32-33,71H,4-6,8-9,11-15,18,21-22,27-28,31,34-70H2,1-3H3/b10-7-,19-16-,20-17-,25-23-,26-24-,30-29-,33-32-. The largest absolute Gasteiger partial charge is 0.462 e. The first kappa shape index (κ1) is 76.6. The van der Waals surface area contributed by atoms with Crippen molar-refractivity contribution in [3.05, 3.63) is 85.1 Å². The first-order chi connectivity index (χ1) is 39.5. The maximum Gasteiger partial charge on any atom is 0.306 e. The van der Waals surface area contributed by atoms with Crippen LogP contribution in [0.4, 0.5) is 0 Å². The van der Waals surface area contributed by atoms with Gasteiger partial charge in [0.2, 0.25) is 0 Å². The minimum atomic E-state index is -0.774. The normalized spacial score (nSPS) is 12.6. The molecule has 0 N–H and O–H groups in total. The van der Waals surface area contributed by atoms with Crippen molar-refractivity contribution in [2.45, 2.75) is 354 Å². The summed E-state index contributed by atoms with van der Waals surface area (Å²) < 4.78 is 16.9. The minimum Gasteiger partial charge on any atom is -0.462 e. The average Bonchev–Trinajstić information content (AvgIpc) is 3.46. The van der Waals surface area contributed by atoms with Crippen molar-refractivity contribution in [2.75, 3.05) is 13.2 Å². The molecule has 6 nitrogen and oxygen atoms in total. The van der Waals surface area contributed by atoms with Crippen LogP contribution in [0.5, 0.6) is 0 Å². The molecule has 0 aromatic rings. The van der Waals surface area contributed by atoms with Gasteiger partial charge in [-0.1, -0.05) is 318 Å². The summed E-state index contributed by atoms with van der Waals surface area (Å²) in [7, 11) is 0. The van der Waals surface area contributed by atoms with Crippen LogP contribution in [0.1, 0.15) is 348 Å². The van der Waals surface area contributed by atoms with E-state index in [1.807, 2.05) is 0 Å². The second-order valence-electron chi connectivity index (χ2n) is 23.1. The molecule has 1 unspecified atom stereocenters. The zero-order valence-electron chi connectivity index (χ0n) is 53.1. The van der Waals surface area contributed by atoms with E-state index in [9.17, 15) is 14.4 Å². The molecule has 0 aliphatic rings. The van der Waals surface area contributed by atoms with Gasteiger partial charge in [0.1, 0.15) is 13.2 Å². The van der Waals surface area contributed by atoms with E-state index in [4.69, 9.17) is 14.2 Å². The topological polar surface area (TPSA) is 78.9 Å². The van der Waals surface area contributed by atoms with Crippen LogP contribution in [0, 0.1) is 0 Å². The number of esters is 3. The van der Waals surface area contributed by atoms with Gasteiger partial charge in [0.05, 0.1) is 0 Å². The Morgan fingerprint density at radius 1 is 0.263 bits per heavy atom. The van der Waals surface area contributed by atoms with Gasteiger partial charge in [-0.3, -0.25) is 14.4 Å². The first-order valence-electron chi connectivity index (χ1n) is 34.6. The van der Waals surface area contributed by atoms with Crippen molar-refractivity contribution in [1.82, 2.24) is 0 Å². The van der Waals surface area contributed by atoms with Crippen molar-refractivity contribution in [3.8, 4) is 0 Å². The summed E-state index contributed by atoms with van der Waals surface area (Å²) >= 11 is 0. The van der Waals surface area contributed by atoms with E-state index in [0.29, 0.717) is 19.3 Å². The molecule has 1 atom stereocenters. The second-order valence-corrected chi connectivity index (χ2v) is 23.1. The molecule has 0 aromatic carbocycles. The smallest absolute Gasteiger partial charge is 0.306 e. The molecular formula is C74H130O6. The molecule has 80 heavy (non-hydrogen) atoms. The number of carbonyl (C=O) groups excluding carboxylic acids is 3. The number of hydrogen-bond donors (Lipinski definition) is 0. The van der Waals surface area contributed by atoms with Gasteiger partial charge in [-0.25, -0.2) is 0 Å². The number of ether oxygens (including phenoxy) is 3. The fourth-order valence-corrected chi connectivity index (χ4v) is 9.97. The average molecular weight is 1120 g/mol. The predicted octanol–water partition coefficient (Wildman–Crippen LogP) is 23.8. The third-order valence-electron chi connectivity index (χ3n) is 15.1. The number of carbonyl (C=O) groups is 3. The Kier molecular flexibility index (Phi) is 65.2. The van der Waals surface area contributed by atoms with E-state index in [0.717, 1.165) is 96.3 Å². The highest BCUT2D eigenvalue weighted by Gasteiger charge is 2.19. The third kappa shape index (κ3) is 65.4. The highest BCUT2D eigenvalue weighted by atomic mass is 16.6. The molecule has 0 aromatic heterocycles. The summed E-state index contributed by atoms with van der Waals surface area (Å²) in [5.41, 5.74) is 0. The number of rotatable bonds is 63. The van der Waals surface area contributed by atoms with Crippen molar-refractivity contribution < 1.29 is 28.6 Å². The Bertz CT molecular complexity index is 1520. The SMILES string of the molecule is CC/C=C\C/C=C\C/C=C\C/C=C\C/C=C\CCCCCCCCCCCCCCCCCCCCCC(=O)OCC(COC(=O)CCCCCCCCCC)OC(=O)CCCCCCCCCCC/C=C\C/C=C\CCCCC. The molecule has 0 aliphatic heterocycles. The van der Waals surface area contributed by atoms with Crippen LogP contribution < -0.4 is 0 Å².